The average molecular weight is 259 g/mol. The lowest BCUT2D eigenvalue weighted by atomic mass is 9.89. The lowest BCUT2D eigenvalue weighted by molar-refractivity contribution is -0.0282. The zero-order valence-corrected chi connectivity index (χ0v) is 12.0. The molecule has 1 saturated heterocycles. The second-order valence-electron chi connectivity index (χ2n) is 6.75. The fraction of sp³-hybridized carbons (Fsp3) is 0.647. The van der Waals surface area contributed by atoms with Crippen molar-refractivity contribution in [2.24, 2.45) is 5.92 Å². The molecule has 104 valence electrons. The summed E-state index contributed by atoms with van der Waals surface area (Å²) < 4.78 is 0. The summed E-state index contributed by atoms with van der Waals surface area (Å²) in [5.74, 6) is 0.869. The van der Waals surface area contributed by atoms with Crippen molar-refractivity contribution in [1.29, 1.82) is 0 Å². The van der Waals surface area contributed by atoms with E-state index in [-0.39, 0.29) is 6.04 Å². The van der Waals surface area contributed by atoms with E-state index in [2.05, 4.69) is 29.2 Å². The molecule has 1 N–H and O–H groups in total. The minimum atomic E-state index is -0.696. The summed E-state index contributed by atoms with van der Waals surface area (Å²) >= 11 is 0. The summed E-state index contributed by atoms with van der Waals surface area (Å²) in [5.41, 5.74) is 0.557. The van der Waals surface area contributed by atoms with E-state index in [9.17, 15) is 5.11 Å². The maximum atomic E-state index is 10.7. The topological polar surface area (TPSA) is 23.5 Å². The van der Waals surface area contributed by atoms with Crippen LogP contribution in [0.1, 0.15) is 51.1 Å². The first-order valence-corrected chi connectivity index (χ1v) is 7.60. The molecule has 1 aromatic rings. The first kappa shape index (κ1) is 13.1. The molecule has 2 nitrogen and oxygen atoms in total. The number of nitrogens with zero attached hydrogens (tertiary/aromatic N) is 1. The third kappa shape index (κ3) is 2.44. The average Bonchev–Trinajstić information content (AvgIpc) is 2.94. The molecular weight excluding hydrogens is 234 g/mol. The van der Waals surface area contributed by atoms with Crippen LogP contribution in [-0.2, 0) is 0 Å². The van der Waals surface area contributed by atoms with Crippen LogP contribution in [0.3, 0.4) is 0 Å². The quantitative estimate of drug-likeness (QED) is 0.899. The number of aliphatic hydroxyl groups is 1. The normalized spacial score (nSPS) is 29.4. The van der Waals surface area contributed by atoms with Crippen LogP contribution in [-0.4, -0.2) is 28.2 Å². The monoisotopic (exact) mass is 259 g/mol. The predicted octanol–water partition coefficient (Wildman–Crippen LogP) is 3.37. The van der Waals surface area contributed by atoms with E-state index in [1.54, 1.807) is 0 Å². The SMILES string of the molecule is CC(C)(O)[C@@H](c1ccccc1)N1CC[C@H]2CCC[C@H]21. The van der Waals surface area contributed by atoms with Crippen LogP contribution < -0.4 is 0 Å². The smallest absolute Gasteiger partial charge is 0.0787 e. The maximum Gasteiger partial charge on any atom is 0.0787 e. The van der Waals surface area contributed by atoms with Crippen LogP contribution in [0, 0.1) is 5.92 Å². The number of benzene rings is 1. The minimum absolute atomic E-state index is 0.127. The van der Waals surface area contributed by atoms with Gasteiger partial charge in [0.2, 0.25) is 0 Å². The Morgan fingerprint density at radius 2 is 1.89 bits per heavy atom. The minimum Gasteiger partial charge on any atom is -0.388 e. The van der Waals surface area contributed by atoms with E-state index in [1.807, 2.05) is 19.9 Å². The molecule has 0 spiro atoms. The zero-order valence-electron chi connectivity index (χ0n) is 12.0. The van der Waals surface area contributed by atoms with Gasteiger partial charge in [0.15, 0.2) is 0 Å². The summed E-state index contributed by atoms with van der Waals surface area (Å²) in [7, 11) is 0. The van der Waals surface area contributed by atoms with Crippen molar-refractivity contribution in [3.05, 3.63) is 35.9 Å². The van der Waals surface area contributed by atoms with E-state index in [1.165, 1.54) is 31.2 Å². The Morgan fingerprint density at radius 1 is 1.16 bits per heavy atom. The molecule has 0 radical (unpaired) electrons. The van der Waals surface area contributed by atoms with Gasteiger partial charge in [0, 0.05) is 6.04 Å². The Balaban J connectivity index is 1.92. The molecule has 1 aliphatic carbocycles. The molecule has 2 aliphatic rings. The highest BCUT2D eigenvalue weighted by atomic mass is 16.3. The van der Waals surface area contributed by atoms with E-state index in [0.29, 0.717) is 6.04 Å². The van der Waals surface area contributed by atoms with Crippen molar-refractivity contribution in [3.8, 4) is 0 Å². The standard InChI is InChI=1S/C17H25NO/c1-17(2,19)16(14-7-4-3-5-8-14)18-12-11-13-9-6-10-15(13)18/h3-5,7-8,13,15-16,19H,6,9-12H2,1-2H3/t13-,15-,16-/m1/s1. The van der Waals surface area contributed by atoms with Crippen LogP contribution in [0.5, 0.6) is 0 Å². The predicted molar refractivity (Wildman–Crippen MR) is 77.9 cm³/mol. The second-order valence-corrected chi connectivity index (χ2v) is 6.75. The molecule has 2 heteroatoms. The molecule has 3 atom stereocenters. The van der Waals surface area contributed by atoms with Gasteiger partial charge in [0.05, 0.1) is 11.6 Å². The van der Waals surface area contributed by atoms with Gasteiger partial charge in [0.1, 0.15) is 0 Å². The van der Waals surface area contributed by atoms with Gasteiger partial charge in [-0.25, -0.2) is 0 Å². The lowest BCUT2D eigenvalue weighted by Gasteiger charge is -2.40. The molecule has 2 fully saturated rings. The summed E-state index contributed by atoms with van der Waals surface area (Å²) in [6, 6.07) is 11.3. The number of likely N-dealkylation sites (tertiary alicyclic amines) is 1. The van der Waals surface area contributed by atoms with E-state index in [4.69, 9.17) is 0 Å². The van der Waals surface area contributed by atoms with Crippen molar-refractivity contribution < 1.29 is 5.11 Å². The number of fused-ring (bicyclic) bond motifs is 1. The Kier molecular flexibility index (Phi) is 3.40. The molecule has 0 amide bonds. The van der Waals surface area contributed by atoms with E-state index < -0.39 is 5.60 Å². The first-order valence-electron chi connectivity index (χ1n) is 7.60. The van der Waals surface area contributed by atoms with Gasteiger partial charge in [0.25, 0.3) is 0 Å². The third-order valence-electron chi connectivity index (χ3n) is 4.92. The summed E-state index contributed by atoms with van der Waals surface area (Å²) in [6.45, 7) is 5.04. The molecule has 1 heterocycles. The number of hydrogen-bond acceptors (Lipinski definition) is 2. The highest BCUT2D eigenvalue weighted by molar-refractivity contribution is 5.23. The summed E-state index contributed by atoms with van der Waals surface area (Å²) in [6.07, 6.45) is 5.36. The van der Waals surface area contributed by atoms with E-state index in [0.717, 1.165) is 12.5 Å². The molecule has 1 aromatic carbocycles. The van der Waals surface area contributed by atoms with Crippen LogP contribution in [0.25, 0.3) is 0 Å². The molecule has 1 saturated carbocycles. The van der Waals surface area contributed by atoms with Crippen molar-refractivity contribution in [3.63, 3.8) is 0 Å². The molecular formula is C17H25NO. The molecule has 1 aliphatic heterocycles. The lowest BCUT2D eigenvalue weighted by Crippen LogP contribution is -2.45. The molecule has 3 rings (SSSR count). The summed E-state index contributed by atoms with van der Waals surface area (Å²) in [5, 5.41) is 10.7. The van der Waals surface area contributed by atoms with Gasteiger partial charge in [-0.1, -0.05) is 36.8 Å². The van der Waals surface area contributed by atoms with Crippen molar-refractivity contribution >= 4 is 0 Å². The van der Waals surface area contributed by atoms with Gasteiger partial charge in [-0.2, -0.15) is 0 Å². The highest BCUT2D eigenvalue weighted by Crippen LogP contribution is 2.44. The van der Waals surface area contributed by atoms with Crippen LogP contribution in [0.2, 0.25) is 0 Å². The molecule has 0 unspecified atom stereocenters. The molecule has 0 bridgehead atoms. The van der Waals surface area contributed by atoms with Gasteiger partial charge in [-0.15, -0.1) is 0 Å². The van der Waals surface area contributed by atoms with Crippen LogP contribution in [0.15, 0.2) is 30.3 Å². The third-order valence-corrected chi connectivity index (χ3v) is 4.92. The van der Waals surface area contributed by atoms with Gasteiger partial charge in [-0.3, -0.25) is 4.90 Å². The van der Waals surface area contributed by atoms with E-state index >= 15 is 0 Å². The highest BCUT2D eigenvalue weighted by Gasteiger charge is 2.45. The Hall–Kier alpha value is -0.860. The molecule has 19 heavy (non-hydrogen) atoms. The van der Waals surface area contributed by atoms with Crippen LogP contribution in [0.4, 0.5) is 0 Å². The number of hydrogen-bond donors (Lipinski definition) is 1. The Morgan fingerprint density at radius 3 is 2.58 bits per heavy atom. The fourth-order valence-electron chi connectivity index (χ4n) is 4.23. The second kappa shape index (κ2) is 4.92. The molecule has 0 aromatic heterocycles. The Labute approximate surface area is 116 Å². The number of rotatable bonds is 3. The summed E-state index contributed by atoms with van der Waals surface area (Å²) in [4.78, 5) is 2.58. The van der Waals surface area contributed by atoms with Crippen molar-refractivity contribution in [2.45, 2.75) is 57.2 Å². The van der Waals surface area contributed by atoms with Gasteiger partial charge < -0.3 is 5.11 Å². The maximum absolute atomic E-state index is 10.7. The van der Waals surface area contributed by atoms with Crippen molar-refractivity contribution in [1.82, 2.24) is 4.90 Å². The van der Waals surface area contributed by atoms with Gasteiger partial charge >= 0.3 is 0 Å². The zero-order chi connectivity index (χ0) is 13.5. The Bertz CT molecular complexity index is 423. The van der Waals surface area contributed by atoms with Crippen LogP contribution >= 0.6 is 0 Å². The fourth-order valence-corrected chi connectivity index (χ4v) is 4.23. The largest absolute Gasteiger partial charge is 0.388 e. The first-order chi connectivity index (χ1) is 9.07. The van der Waals surface area contributed by atoms with Crippen molar-refractivity contribution in [2.75, 3.05) is 6.54 Å². The van der Waals surface area contributed by atoms with Gasteiger partial charge in [-0.05, 0) is 51.1 Å².